The van der Waals surface area contributed by atoms with Gasteiger partial charge >= 0.3 is 0 Å². The molecule has 96 valence electrons. The summed E-state index contributed by atoms with van der Waals surface area (Å²) in [7, 11) is 3.19. The Hall–Kier alpha value is -1.26. The van der Waals surface area contributed by atoms with Gasteiger partial charge in [0.25, 0.3) is 0 Å². The Labute approximate surface area is 102 Å². The molecule has 1 aromatic rings. The Morgan fingerprint density at radius 2 is 1.88 bits per heavy atom. The lowest BCUT2D eigenvalue weighted by Gasteiger charge is -2.25. The van der Waals surface area contributed by atoms with E-state index >= 15 is 0 Å². The molecule has 1 rings (SSSR count). The molecule has 17 heavy (non-hydrogen) atoms. The first-order valence-corrected chi connectivity index (χ1v) is 5.72. The lowest BCUT2D eigenvalue weighted by molar-refractivity contribution is 0.0455. The van der Waals surface area contributed by atoms with E-state index in [1.165, 1.54) is 0 Å². The number of hydrogen-bond donors (Lipinski definition) is 2. The molecule has 4 heteroatoms. The van der Waals surface area contributed by atoms with Gasteiger partial charge in [0.05, 0.1) is 19.8 Å². The van der Waals surface area contributed by atoms with Crippen LogP contribution in [-0.4, -0.2) is 31.5 Å². The summed E-state index contributed by atoms with van der Waals surface area (Å²) in [6, 6.07) is 5.62. The summed E-state index contributed by atoms with van der Waals surface area (Å²) in [5, 5.41) is 10.2. The van der Waals surface area contributed by atoms with Gasteiger partial charge in [0.1, 0.15) is 0 Å². The maximum absolute atomic E-state index is 10.2. The Kier molecular flexibility index (Phi) is 4.78. The van der Waals surface area contributed by atoms with Crippen molar-refractivity contribution < 1.29 is 14.6 Å². The van der Waals surface area contributed by atoms with E-state index in [4.69, 9.17) is 15.2 Å². The van der Waals surface area contributed by atoms with Crippen molar-refractivity contribution in [3.05, 3.63) is 23.8 Å². The Morgan fingerprint density at radius 3 is 2.35 bits per heavy atom. The summed E-state index contributed by atoms with van der Waals surface area (Å²) in [5.41, 5.74) is 5.72. The highest BCUT2D eigenvalue weighted by Crippen LogP contribution is 2.29. The van der Waals surface area contributed by atoms with E-state index in [0.717, 1.165) is 5.56 Å². The zero-order valence-electron chi connectivity index (χ0n) is 10.7. The van der Waals surface area contributed by atoms with Crippen LogP contribution in [0.25, 0.3) is 0 Å². The summed E-state index contributed by atoms with van der Waals surface area (Å²) in [4.78, 5) is 0. The molecule has 0 aromatic heterocycles. The number of ether oxygens (including phenoxy) is 2. The van der Waals surface area contributed by atoms with E-state index in [-0.39, 0.29) is 6.54 Å². The molecule has 1 aromatic carbocycles. The van der Waals surface area contributed by atoms with E-state index in [2.05, 4.69) is 0 Å². The molecule has 4 nitrogen and oxygen atoms in total. The van der Waals surface area contributed by atoms with Gasteiger partial charge in [-0.15, -0.1) is 0 Å². The van der Waals surface area contributed by atoms with Crippen LogP contribution in [0.5, 0.6) is 11.5 Å². The lowest BCUT2D eigenvalue weighted by atomic mass is 9.92. The minimum absolute atomic E-state index is 0.248. The second-order valence-electron chi connectivity index (χ2n) is 4.15. The van der Waals surface area contributed by atoms with Crippen LogP contribution in [0.4, 0.5) is 0 Å². The smallest absolute Gasteiger partial charge is 0.160 e. The molecular formula is C13H21NO3. The van der Waals surface area contributed by atoms with Crippen LogP contribution in [0, 0.1) is 0 Å². The molecular weight excluding hydrogens is 218 g/mol. The maximum atomic E-state index is 10.2. The molecule has 0 aliphatic carbocycles. The maximum Gasteiger partial charge on any atom is 0.160 e. The summed E-state index contributed by atoms with van der Waals surface area (Å²) < 4.78 is 10.4. The Bertz CT molecular complexity index is 362. The van der Waals surface area contributed by atoms with E-state index < -0.39 is 5.60 Å². The molecule has 0 aliphatic rings. The SMILES string of the molecule is CCC(O)(CN)Cc1ccc(OC)c(OC)c1. The average molecular weight is 239 g/mol. The van der Waals surface area contributed by atoms with Gasteiger partial charge in [0.15, 0.2) is 11.5 Å². The molecule has 0 spiro atoms. The zero-order chi connectivity index (χ0) is 12.9. The first-order chi connectivity index (χ1) is 8.08. The van der Waals surface area contributed by atoms with Gasteiger partial charge in [-0.25, -0.2) is 0 Å². The van der Waals surface area contributed by atoms with Crippen molar-refractivity contribution in [3.8, 4) is 11.5 Å². The summed E-state index contributed by atoms with van der Waals surface area (Å²) >= 11 is 0. The van der Waals surface area contributed by atoms with Crippen LogP contribution < -0.4 is 15.2 Å². The van der Waals surface area contributed by atoms with E-state index in [9.17, 15) is 5.11 Å². The second-order valence-corrected chi connectivity index (χ2v) is 4.15. The third-order valence-electron chi connectivity index (χ3n) is 3.02. The molecule has 1 unspecified atom stereocenters. The fourth-order valence-corrected chi connectivity index (χ4v) is 1.71. The van der Waals surface area contributed by atoms with Gasteiger partial charge in [-0.1, -0.05) is 13.0 Å². The minimum atomic E-state index is -0.848. The number of aliphatic hydroxyl groups is 1. The van der Waals surface area contributed by atoms with Crippen molar-refractivity contribution in [2.45, 2.75) is 25.4 Å². The largest absolute Gasteiger partial charge is 0.493 e. The van der Waals surface area contributed by atoms with Gasteiger partial charge in [0, 0.05) is 13.0 Å². The summed E-state index contributed by atoms with van der Waals surface area (Å²) in [5.74, 6) is 1.35. The highest BCUT2D eigenvalue weighted by atomic mass is 16.5. The van der Waals surface area contributed by atoms with E-state index in [0.29, 0.717) is 24.3 Å². The average Bonchev–Trinajstić information content (AvgIpc) is 2.38. The number of methoxy groups -OCH3 is 2. The Morgan fingerprint density at radius 1 is 1.24 bits per heavy atom. The van der Waals surface area contributed by atoms with Crippen molar-refractivity contribution >= 4 is 0 Å². The first kappa shape index (κ1) is 13.8. The van der Waals surface area contributed by atoms with Crippen LogP contribution in [0.2, 0.25) is 0 Å². The molecule has 0 aliphatic heterocycles. The summed E-state index contributed by atoms with van der Waals surface area (Å²) in [6.07, 6.45) is 1.14. The van der Waals surface area contributed by atoms with Gasteiger partial charge < -0.3 is 20.3 Å². The molecule has 0 amide bonds. The van der Waals surface area contributed by atoms with Crippen molar-refractivity contribution in [2.24, 2.45) is 5.73 Å². The van der Waals surface area contributed by atoms with Gasteiger partial charge in [-0.3, -0.25) is 0 Å². The van der Waals surface area contributed by atoms with Crippen LogP contribution in [-0.2, 0) is 6.42 Å². The lowest BCUT2D eigenvalue weighted by Crippen LogP contribution is -2.39. The second kappa shape index (κ2) is 5.89. The zero-order valence-corrected chi connectivity index (χ0v) is 10.7. The van der Waals surface area contributed by atoms with Crippen molar-refractivity contribution in [1.29, 1.82) is 0 Å². The fraction of sp³-hybridized carbons (Fsp3) is 0.538. The predicted molar refractivity (Wildman–Crippen MR) is 67.5 cm³/mol. The topological polar surface area (TPSA) is 64.7 Å². The standard InChI is InChI=1S/C13H21NO3/c1-4-13(15,9-14)8-10-5-6-11(16-2)12(7-10)17-3/h5-7,15H,4,8-9,14H2,1-3H3. The molecule has 0 saturated heterocycles. The first-order valence-electron chi connectivity index (χ1n) is 5.72. The van der Waals surface area contributed by atoms with E-state index in [1.807, 2.05) is 25.1 Å². The van der Waals surface area contributed by atoms with Crippen LogP contribution in [0.3, 0.4) is 0 Å². The third kappa shape index (κ3) is 3.35. The van der Waals surface area contributed by atoms with E-state index in [1.54, 1.807) is 14.2 Å². The summed E-state index contributed by atoms with van der Waals surface area (Å²) in [6.45, 7) is 2.17. The third-order valence-corrected chi connectivity index (χ3v) is 3.02. The highest BCUT2D eigenvalue weighted by molar-refractivity contribution is 5.43. The molecule has 0 heterocycles. The highest BCUT2D eigenvalue weighted by Gasteiger charge is 2.23. The van der Waals surface area contributed by atoms with Crippen LogP contribution in [0.1, 0.15) is 18.9 Å². The molecule has 0 bridgehead atoms. The number of rotatable bonds is 6. The van der Waals surface area contributed by atoms with Gasteiger partial charge in [-0.2, -0.15) is 0 Å². The fourth-order valence-electron chi connectivity index (χ4n) is 1.71. The molecule has 3 N–H and O–H groups in total. The number of benzene rings is 1. The number of hydrogen-bond acceptors (Lipinski definition) is 4. The van der Waals surface area contributed by atoms with Crippen LogP contribution in [0.15, 0.2) is 18.2 Å². The van der Waals surface area contributed by atoms with Crippen molar-refractivity contribution in [1.82, 2.24) is 0 Å². The normalized spacial score (nSPS) is 14.2. The van der Waals surface area contributed by atoms with Gasteiger partial charge in [-0.05, 0) is 24.1 Å². The molecule has 0 radical (unpaired) electrons. The van der Waals surface area contributed by atoms with Crippen molar-refractivity contribution in [3.63, 3.8) is 0 Å². The monoisotopic (exact) mass is 239 g/mol. The minimum Gasteiger partial charge on any atom is -0.493 e. The molecule has 1 atom stereocenters. The predicted octanol–water partition coefficient (Wildman–Crippen LogP) is 1.35. The quantitative estimate of drug-likeness (QED) is 0.786. The molecule has 0 saturated carbocycles. The van der Waals surface area contributed by atoms with Gasteiger partial charge in [0.2, 0.25) is 0 Å². The van der Waals surface area contributed by atoms with Crippen molar-refractivity contribution in [2.75, 3.05) is 20.8 Å². The molecule has 0 fully saturated rings. The van der Waals surface area contributed by atoms with Crippen LogP contribution >= 0.6 is 0 Å². The Balaban J connectivity index is 2.93. The number of nitrogens with two attached hydrogens (primary N) is 1.